The number of fused-ring (bicyclic) bond motifs is 4. The summed E-state index contributed by atoms with van der Waals surface area (Å²) in [5, 5.41) is 8.83. The maximum atomic E-state index is 13.2. The average Bonchev–Trinajstić information content (AvgIpc) is 3.48. The van der Waals surface area contributed by atoms with Crippen molar-refractivity contribution in [3.8, 4) is 5.75 Å². The molecule has 10 heteroatoms. The Hall–Kier alpha value is -3.24. The van der Waals surface area contributed by atoms with Gasteiger partial charge in [-0.25, -0.2) is 14.5 Å². The van der Waals surface area contributed by atoms with Gasteiger partial charge < -0.3 is 19.9 Å². The Morgan fingerprint density at radius 3 is 2.88 bits per heavy atom. The summed E-state index contributed by atoms with van der Waals surface area (Å²) in [7, 11) is 3.77. The Morgan fingerprint density at radius 1 is 1.21 bits per heavy atom. The quantitative estimate of drug-likeness (QED) is 0.483. The van der Waals surface area contributed by atoms with Crippen molar-refractivity contribution in [2.75, 3.05) is 45.7 Å². The molecule has 5 heterocycles. The summed E-state index contributed by atoms with van der Waals surface area (Å²) >= 11 is 1.69. The molecule has 1 N–H and O–H groups in total. The molecule has 1 atom stereocenters. The Kier molecular flexibility index (Phi) is 5.34. The zero-order valence-electron chi connectivity index (χ0n) is 19.3. The molecule has 4 aromatic rings. The fourth-order valence-corrected chi connectivity index (χ4v) is 6.38. The largest absolute Gasteiger partial charge is 0.492 e. The summed E-state index contributed by atoms with van der Waals surface area (Å²) in [5.74, 6) is 1.85. The summed E-state index contributed by atoms with van der Waals surface area (Å²) in [6.45, 7) is 3.56. The lowest BCUT2D eigenvalue weighted by atomic mass is 9.86. The molecule has 0 spiro atoms. The van der Waals surface area contributed by atoms with Gasteiger partial charge in [0, 0.05) is 43.2 Å². The van der Waals surface area contributed by atoms with Gasteiger partial charge in [-0.3, -0.25) is 4.79 Å². The van der Waals surface area contributed by atoms with Crippen LogP contribution in [0.3, 0.4) is 0 Å². The molecule has 2 aliphatic rings. The number of aromatic nitrogens is 4. The van der Waals surface area contributed by atoms with Gasteiger partial charge in [0.25, 0.3) is 0 Å². The molecule has 4 aromatic heterocycles. The van der Waals surface area contributed by atoms with Crippen molar-refractivity contribution in [3.05, 3.63) is 41.3 Å². The summed E-state index contributed by atoms with van der Waals surface area (Å²) in [6.07, 6.45) is 7.76. The number of methoxy groups -OCH3 is 1. The van der Waals surface area contributed by atoms with Crippen LogP contribution in [0.2, 0.25) is 0 Å². The number of thiophene rings is 1. The molecule has 0 bridgehead atoms. The number of ether oxygens (including phenoxy) is 1. The number of piperazine rings is 1. The van der Waals surface area contributed by atoms with Crippen molar-refractivity contribution in [3.63, 3.8) is 0 Å². The fourth-order valence-electron chi connectivity index (χ4n) is 5.11. The van der Waals surface area contributed by atoms with Gasteiger partial charge in [-0.1, -0.05) is 0 Å². The average molecular weight is 478 g/mol. The van der Waals surface area contributed by atoms with E-state index in [0.717, 1.165) is 72.7 Å². The van der Waals surface area contributed by atoms with E-state index in [1.807, 2.05) is 18.3 Å². The van der Waals surface area contributed by atoms with Crippen LogP contribution in [0.4, 0.5) is 11.5 Å². The Labute approximate surface area is 201 Å². The van der Waals surface area contributed by atoms with Crippen LogP contribution in [-0.2, 0) is 17.6 Å². The van der Waals surface area contributed by atoms with Crippen molar-refractivity contribution >= 4 is 44.5 Å². The number of pyridine rings is 1. The van der Waals surface area contributed by atoms with Gasteiger partial charge in [-0.15, -0.1) is 11.3 Å². The third kappa shape index (κ3) is 3.57. The van der Waals surface area contributed by atoms with Gasteiger partial charge in [0.15, 0.2) is 5.75 Å². The van der Waals surface area contributed by atoms with E-state index in [1.54, 1.807) is 35.5 Å². The highest BCUT2D eigenvalue weighted by Crippen LogP contribution is 2.42. The Morgan fingerprint density at radius 2 is 2.06 bits per heavy atom. The third-order valence-corrected chi connectivity index (χ3v) is 8.16. The highest BCUT2D eigenvalue weighted by atomic mass is 32.1. The first-order valence-corrected chi connectivity index (χ1v) is 12.4. The summed E-state index contributed by atoms with van der Waals surface area (Å²) in [4.78, 5) is 28.9. The van der Waals surface area contributed by atoms with Crippen molar-refractivity contribution < 1.29 is 9.53 Å². The predicted octanol–water partition coefficient (Wildman–Crippen LogP) is 2.97. The summed E-state index contributed by atoms with van der Waals surface area (Å²) in [6, 6.07) is 3.86. The Balaban J connectivity index is 1.30. The SMILES string of the molecule is COc1c(Nc2ncnc3sc4c(c23)CC[C@H](C(=O)N2CCN(C)CC2)C4)ccn2nccc12. The summed E-state index contributed by atoms with van der Waals surface area (Å²) < 4.78 is 7.47. The maximum Gasteiger partial charge on any atom is 0.226 e. The van der Waals surface area contributed by atoms with Crippen LogP contribution in [0.5, 0.6) is 5.75 Å². The molecule has 0 saturated carbocycles. The molecule has 0 unspecified atom stereocenters. The van der Waals surface area contributed by atoms with Crippen LogP contribution in [0, 0.1) is 5.92 Å². The van der Waals surface area contributed by atoms with E-state index in [0.29, 0.717) is 11.7 Å². The predicted molar refractivity (Wildman–Crippen MR) is 132 cm³/mol. The van der Waals surface area contributed by atoms with Crippen LogP contribution in [0.25, 0.3) is 15.7 Å². The lowest BCUT2D eigenvalue weighted by molar-refractivity contribution is -0.137. The molecular formula is C24H27N7O2S. The first kappa shape index (κ1) is 21.3. The standard InChI is InChI=1S/C24H27N7O2S/c1-29-9-11-30(12-10-29)24(32)15-3-4-16-19(13-15)34-23-20(16)22(25-14-26-23)28-17-6-8-31-18(5-7-27-31)21(17)33-2/h5-8,14-15H,3-4,9-13H2,1-2H3,(H,25,26,28)/t15-/m0/s1. The number of hydrogen-bond donors (Lipinski definition) is 1. The van der Waals surface area contributed by atoms with Gasteiger partial charge in [0.1, 0.15) is 22.5 Å². The lowest BCUT2D eigenvalue weighted by Crippen LogP contribution is -2.49. The zero-order valence-corrected chi connectivity index (χ0v) is 20.1. The van der Waals surface area contributed by atoms with Crippen molar-refractivity contribution in [1.82, 2.24) is 29.4 Å². The number of carbonyl (C=O) groups is 1. The number of carbonyl (C=O) groups excluding carboxylic acids is 1. The molecule has 1 amide bonds. The molecule has 1 fully saturated rings. The normalized spacial score (nSPS) is 18.9. The number of aryl methyl sites for hydroxylation is 1. The molecule has 1 saturated heterocycles. The topological polar surface area (TPSA) is 87.9 Å². The van der Waals surface area contributed by atoms with E-state index in [9.17, 15) is 4.79 Å². The number of likely N-dealkylation sites (N-methyl/N-ethyl adjacent to an activating group) is 1. The van der Waals surface area contributed by atoms with E-state index in [2.05, 4.69) is 37.2 Å². The van der Waals surface area contributed by atoms with Gasteiger partial charge in [0.05, 0.1) is 24.4 Å². The molecule has 9 nitrogen and oxygen atoms in total. The van der Waals surface area contributed by atoms with Gasteiger partial charge in [0.2, 0.25) is 5.91 Å². The van der Waals surface area contributed by atoms with Crippen LogP contribution >= 0.6 is 11.3 Å². The number of rotatable bonds is 4. The monoisotopic (exact) mass is 477 g/mol. The van der Waals surface area contributed by atoms with Crippen molar-refractivity contribution in [1.29, 1.82) is 0 Å². The number of anilines is 2. The molecule has 1 aliphatic carbocycles. The second-order valence-electron chi connectivity index (χ2n) is 9.02. The van der Waals surface area contributed by atoms with Gasteiger partial charge in [-0.2, -0.15) is 5.10 Å². The summed E-state index contributed by atoms with van der Waals surface area (Å²) in [5.41, 5.74) is 2.99. The minimum atomic E-state index is 0.0534. The maximum absolute atomic E-state index is 13.2. The Bertz CT molecular complexity index is 1370. The van der Waals surface area contributed by atoms with Crippen LogP contribution in [0.1, 0.15) is 16.9 Å². The van der Waals surface area contributed by atoms with E-state index in [1.165, 1.54) is 10.4 Å². The number of nitrogens with one attached hydrogen (secondary N) is 1. The third-order valence-electron chi connectivity index (χ3n) is 7.00. The highest BCUT2D eigenvalue weighted by molar-refractivity contribution is 7.19. The first-order valence-electron chi connectivity index (χ1n) is 11.6. The van der Waals surface area contributed by atoms with E-state index < -0.39 is 0 Å². The minimum Gasteiger partial charge on any atom is -0.492 e. The van der Waals surface area contributed by atoms with Crippen LogP contribution < -0.4 is 10.1 Å². The first-order chi connectivity index (χ1) is 16.6. The molecule has 34 heavy (non-hydrogen) atoms. The van der Waals surface area contributed by atoms with Gasteiger partial charge in [-0.05, 0) is 44.0 Å². The second-order valence-corrected chi connectivity index (χ2v) is 10.1. The molecule has 176 valence electrons. The van der Waals surface area contributed by atoms with E-state index in [-0.39, 0.29) is 5.92 Å². The number of amides is 1. The zero-order chi connectivity index (χ0) is 23.2. The molecular weight excluding hydrogens is 450 g/mol. The van der Waals surface area contributed by atoms with E-state index >= 15 is 0 Å². The molecule has 1 aliphatic heterocycles. The fraction of sp³-hybridized carbons (Fsp3) is 0.417. The van der Waals surface area contributed by atoms with Crippen molar-refractivity contribution in [2.45, 2.75) is 19.3 Å². The molecule has 0 aromatic carbocycles. The van der Waals surface area contributed by atoms with Gasteiger partial charge >= 0.3 is 0 Å². The molecule has 0 radical (unpaired) electrons. The smallest absolute Gasteiger partial charge is 0.226 e. The molecule has 6 rings (SSSR count). The minimum absolute atomic E-state index is 0.0534. The highest BCUT2D eigenvalue weighted by Gasteiger charge is 2.32. The van der Waals surface area contributed by atoms with Crippen LogP contribution in [0.15, 0.2) is 30.9 Å². The number of hydrogen-bond acceptors (Lipinski definition) is 8. The van der Waals surface area contributed by atoms with E-state index in [4.69, 9.17) is 4.74 Å². The number of nitrogens with zero attached hydrogens (tertiary/aromatic N) is 6. The van der Waals surface area contributed by atoms with Crippen LogP contribution in [-0.4, -0.2) is 75.6 Å². The lowest BCUT2D eigenvalue weighted by Gasteiger charge is -2.35. The van der Waals surface area contributed by atoms with Crippen molar-refractivity contribution in [2.24, 2.45) is 5.92 Å². The second kappa shape index (κ2) is 8.52.